The van der Waals surface area contributed by atoms with Crippen LogP contribution in [-0.2, 0) is 4.79 Å². The van der Waals surface area contributed by atoms with Gasteiger partial charge in [-0.05, 0) is 12.8 Å². The smallest absolute Gasteiger partial charge is 0.356 e. The second kappa shape index (κ2) is 5.64. The van der Waals surface area contributed by atoms with Gasteiger partial charge in [0.2, 0.25) is 5.91 Å². The second-order valence-corrected chi connectivity index (χ2v) is 4.49. The molecule has 2 unspecified atom stereocenters. The molecule has 1 saturated carbocycles. The number of anilines is 1. The lowest BCUT2D eigenvalue weighted by Gasteiger charge is -2.19. The quantitative estimate of drug-likeness (QED) is 0.731. The fourth-order valence-corrected chi connectivity index (χ4v) is 2.33. The van der Waals surface area contributed by atoms with E-state index in [0.717, 1.165) is 19.3 Å². The number of carboxylic acids is 1. The van der Waals surface area contributed by atoms with Crippen LogP contribution in [0.3, 0.4) is 0 Å². The number of carboxylic acid groups (broad SMARTS) is 1. The second-order valence-electron chi connectivity index (χ2n) is 4.49. The van der Waals surface area contributed by atoms with Gasteiger partial charge in [0.15, 0.2) is 5.69 Å². The highest BCUT2D eigenvalue weighted by atomic mass is 16.4. The molecule has 0 radical (unpaired) electrons. The summed E-state index contributed by atoms with van der Waals surface area (Å²) in [7, 11) is 1.62. The van der Waals surface area contributed by atoms with Crippen molar-refractivity contribution in [2.45, 2.75) is 25.3 Å². The van der Waals surface area contributed by atoms with E-state index >= 15 is 0 Å². The Morgan fingerprint density at radius 2 is 2.11 bits per heavy atom. The number of aromatic carboxylic acids is 1. The van der Waals surface area contributed by atoms with E-state index < -0.39 is 5.97 Å². The third-order valence-electron chi connectivity index (χ3n) is 3.30. The summed E-state index contributed by atoms with van der Waals surface area (Å²) in [6.45, 7) is 0. The molecule has 0 spiro atoms. The maximum Gasteiger partial charge on any atom is 0.356 e. The first-order chi connectivity index (χ1) is 9.11. The van der Waals surface area contributed by atoms with Crippen molar-refractivity contribution in [2.75, 3.05) is 12.4 Å². The topological polar surface area (TPSA) is 104 Å². The molecule has 1 heterocycles. The van der Waals surface area contributed by atoms with Crippen LogP contribution in [-0.4, -0.2) is 40.0 Å². The first kappa shape index (κ1) is 13.3. The minimum atomic E-state index is -1.11. The zero-order valence-corrected chi connectivity index (χ0v) is 10.6. The zero-order chi connectivity index (χ0) is 13.8. The lowest BCUT2D eigenvalue weighted by Crippen LogP contribution is -2.36. The van der Waals surface area contributed by atoms with Crippen LogP contribution in [0.2, 0.25) is 0 Å². The number of carbonyl (C=O) groups is 2. The third-order valence-corrected chi connectivity index (χ3v) is 3.30. The number of aromatic nitrogens is 2. The largest absolute Gasteiger partial charge is 0.476 e. The summed E-state index contributed by atoms with van der Waals surface area (Å²) in [4.78, 5) is 30.1. The van der Waals surface area contributed by atoms with Gasteiger partial charge in [-0.2, -0.15) is 0 Å². The van der Waals surface area contributed by atoms with E-state index in [1.165, 1.54) is 12.4 Å². The molecule has 2 rings (SSSR count). The van der Waals surface area contributed by atoms with Crippen LogP contribution in [0.1, 0.15) is 29.8 Å². The van der Waals surface area contributed by atoms with E-state index in [1.54, 1.807) is 7.05 Å². The van der Waals surface area contributed by atoms with Crippen molar-refractivity contribution < 1.29 is 14.7 Å². The van der Waals surface area contributed by atoms with Crippen molar-refractivity contribution in [1.29, 1.82) is 0 Å². The van der Waals surface area contributed by atoms with Gasteiger partial charge in [0.25, 0.3) is 0 Å². The molecule has 1 aromatic heterocycles. The Bertz CT molecular complexity index is 474. The molecule has 0 bridgehead atoms. The van der Waals surface area contributed by atoms with Gasteiger partial charge < -0.3 is 15.7 Å². The predicted molar refractivity (Wildman–Crippen MR) is 67.8 cm³/mol. The monoisotopic (exact) mass is 264 g/mol. The van der Waals surface area contributed by atoms with E-state index in [9.17, 15) is 9.59 Å². The van der Waals surface area contributed by atoms with E-state index in [1.807, 2.05) is 0 Å². The molecule has 2 atom stereocenters. The molecule has 1 fully saturated rings. The van der Waals surface area contributed by atoms with Crippen LogP contribution in [0.25, 0.3) is 0 Å². The summed E-state index contributed by atoms with van der Waals surface area (Å²) >= 11 is 0. The number of nitrogens with one attached hydrogen (secondary N) is 2. The molecule has 0 aromatic carbocycles. The molecule has 0 saturated heterocycles. The van der Waals surface area contributed by atoms with E-state index in [2.05, 4.69) is 20.6 Å². The fraction of sp³-hybridized carbons (Fsp3) is 0.500. The molecule has 1 aliphatic carbocycles. The average Bonchev–Trinajstić information content (AvgIpc) is 2.86. The highest BCUT2D eigenvalue weighted by Gasteiger charge is 2.32. The summed E-state index contributed by atoms with van der Waals surface area (Å²) in [6, 6.07) is 0.0185. The molecular formula is C12H16N4O3. The lowest BCUT2D eigenvalue weighted by atomic mass is 10.0. The zero-order valence-electron chi connectivity index (χ0n) is 10.6. The van der Waals surface area contributed by atoms with Crippen molar-refractivity contribution in [3.8, 4) is 0 Å². The summed E-state index contributed by atoms with van der Waals surface area (Å²) < 4.78 is 0. The van der Waals surface area contributed by atoms with Crippen LogP contribution in [0.5, 0.6) is 0 Å². The van der Waals surface area contributed by atoms with Crippen LogP contribution in [0.15, 0.2) is 12.4 Å². The van der Waals surface area contributed by atoms with Crippen molar-refractivity contribution in [1.82, 2.24) is 15.3 Å². The number of hydrogen-bond acceptors (Lipinski definition) is 5. The third kappa shape index (κ3) is 2.98. The molecule has 3 N–H and O–H groups in total. The molecule has 1 aromatic rings. The molecule has 1 aliphatic rings. The maximum absolute atomic E-state index is 11.7. The van der Waals surface area contributed by atoms with Crippen LogP contribution in [0, 0.1) is 5.92 Å². The summed E-state index contributed by atoms with van der Waals surface area (Å²) in [6.07, 6.45) is 5.30. The summed E-state index contributed by atoms with van der Waals surface area (Å²) in [5.41, 5.74) is -0.0974. The first-order valence-electron chi connectivity index (χ1n) is 6.15. The lowest BCUT2D eigenvalue weighted by molar-refractivity contribution is -0.124. The number of carbonyl (C=O) groups excluding carboxylic acids is 1. The Labute approximate surface area is 110 Å². The van der Waals surface area contributed by atoms with Crippen molar-refractivity contribution in [3.63, 3.8) is 0 Å². The Morgan fingerprint density at radius 1 is 1.32 bits per heavy atom. The van der Waals surface area contributed by atoms with Gasteiger partial charge in [-0.25, -0.2) is 14.8 Å². The number of nitrogens with zero attached hydrogens (tertiary/aromatic N) is 2. The first-order valence-corrected chi connectivity index (χ1v) is 6.15. The minimum absolute atomic E-state index is 0.0185. The Kier molecular flexibility index (Phi) is 3.94. The number of amides is 1. The minimum Gasteiger partial charge on any atom is -0.476 e. The van der Waals surface area contributed by atoms with Gasteiger partial charge in [-0.1, -0.05) is 6.42 Å². The SMILES string of the molecule is CNC(=O)C1CCCC1Nc1cnc(C(=O)O)cn1. The van der Waals surface area contributed by atoms with Gasteiger partial charge in [-0.15, -0.1) is 0 Å². The van der Waals surface area contributed by atoms with Crippen LogP contribution >= 0.6 is 0 Å². The normalized spacial score (nSPS) is 21.9. The van der Waals surface area contributed by atoms with Crippen molar-refractivity contribution in [3.05, 3.63) is 18.1 Å². The molecule has 0 aliphatic heterocycles. The van der Waals surface area contributed by atoms with E-state index in [-0.39, 0.29) is 23.6 Å². The van der Waals surface area contributed by atoms with E-state index in [0.29, 0.717) is 5.82 Å². The van der Waals surface area contributed by atoms with Gasteiger partial charge >= 0.3 is 5.97 Å². The standard InChI is InChI=1S/C12H16N4O3/c1-13-11(17)7-3-2-4-8(7)16-10-6-14-9(5-15-10)12(18)19/h5-8H,2-4H2,1H3,(H,13,17)(H,15,16)(H,18,19). The molecule has 1 amide bonds. The van der Waals surface area contributed by atoms with Crippen LogP contribution in [0.4, 0.5) is 5.82 Å². The van der Waals surface area contributed by atoms with Gasteiger partial charge in [0, 0.05) is 13.1 Å². The van der Waals surface area contributed by atoms with Gasteiger partial charge in [0.05, 0.1) is 18.3 Å². The molecule has 7 nitrogen and oxygen atoms in total. The van der Waals surface area contributed by atoms with Gasteiger partial charge in [-0.3, -0.25) is 4.79 Å². The Hall–Kier alpha value is -2.18. The van der Waals surface area contributed by atoms with Gasteiger partial charge in [0.1, 0.15) is 5.82 Å². The highest BCUT2D eigenvalue weighted by molar-refractivity contribution is 5.85. The predicted octanol–water partition coefficient (Wildman–Crippen LogP) is 0.501. The van der Waals surface area contributed by atoms with Crippen molar-refractivity contribution >= 4 is 17.7 Å². The summed E-state index contributed by atoms with van der Waals surface area (Å²) in [5, 5.41) is 14.5. The molecular weight excluding hydrogens is 248 g/mol. The number of rotatable bonds is 4. The fourth-order valence-electron chi connectivity index (χ4n) is 2.33. The molecule has 7 heteroatoms. The molecule has 102 valence electrons. The van der Waals surface area contributed by atoms with Crippen LogP contribution < -0.4 is 10.6 Å². The maximum atomic E-state index is 11.7. The van der Waals surface area contributed by atoms with E-state index in [4.69, 9.17) is 5.11 Å². The van der Waals surface area contributed by atoms with Crippen molar-refractivity contribution in [2.24, 2.45) is 5.92 Å². The average molecular weight is 264 g/mol. The Morgan fingerprint density at radius 3 is 2.68 bits per heavy atom. The highest BCUT2D eigenvalue weighted by Crippen LogP contribution is 2.28. The molecule has 19 heavy (non-hydrogen) atoms. The Balaban J connectivity index is 2.04. The summed E-state index contributed by atoms with van der Waals surface area (Å²) in [5.74, 6) is -0.676. The number of hydrogen-bond donors (Lipinski definition) is 3.